The maximum Gasteiger partial charge on any atom is 0.0681 e. The van der Waals surface area contributed by atoms with Crippen molar-refractivity contribution in [1.82, 2.24) is 0 Å². The van der Waals surface area contributed by atoms with E-state index in [9.17, 15) is 0 Å². The molecule has 0 fully saturated rings. The van der Waals surface area contributed by atoms with Crippen LogP contribution in [0.15, 0.2) is 48.5 Å². The van der Waals surface area contributed by atoms with E-state index in [4.69, 9.17) is 15.9 Å². The summed E-state index contributed by atoms with van der Waals surface area (Å²) in [4.78, 5) is 0. The molecule has 0 heterocycles. The highest BCUT2D eigenvalue weighted by molar-refractivity contribution is 5.34. The van der Waals surface area contributed by atoms with Crippen LogP contribution in [0.2, 0.25) is 0 Å². The fraction of sp³-hybridized carbons (Fsp3) is 0.200. The highest BCUT2D eigenvalue weighted by Gasteiger charge is 2.08. The van der Waals surface area contributed by atoms with Gasteiger partial charge in [-0.3, -0.25) is 0 Å². The fourth-order valence-corrected chi connectivity index (χ4v) is 1.85. The standard InChI is InChI=1S/C15H17NO2/c16-15(13-5-1-11(9-17)2-6-13)14-7-3-12(10-18)4-8-14/h1-8,15,17-18H,9-10,16H2. The van der Waals surface area contributed by atoms with Gasteiger partial charge in [0.2, 0.25) is 0 Å². The van der Waals surface area contributed by atoms with Crippen LogP contribution in [0.5, 0.6) is 0 Å². The molecule has 3 heteroatoms. The summed E-state index contributed by atoms with van der Waals surface area (Å²) in [7, 11) is 0. The summed E-state index contributed by atoms with van der Waals surface area (Å²) in [6.07, 6.45) is 0. The Balaban J connectivity index is 2.20. The van der Waals surface area contributed by atoms with Crippen LogP contribution in [0.4, 0.5) is 0 Å². The van der Waals surface area contributed by atoms with E-state index in [1.807, 2.05) is 48.5 Å². The summed E-state index contributed by atoms with van der Waals surface area (Å²) in [5.74, 6) is 0. The molecule has 0 amide bonds. The van der Waals surface area contributed by atoms with Crippen molar-refractivity contribution >= 4 is 0 Å². The molecule has 0 atom stereocenters. The number of rotatable bonds is 4. The van der Waals surface area contributed by atoms with E-state index in [-0.39, 0.29) is 19.3 Å². The first-order valence-electron chi connectivity index (χ1n) is 5.89. The quantitative estimate of drug-likeness (QED) is 0.766. The second kappa shape index (κ2) is 5.78. The molecule has 2 aromatic carbocycles. The van der Waals surface area contributed by atoms with Crippen LogP contribution in [0.1, 0.15) is 28.3 Å². The minimum Gasteiger partial charge on any atom is -0.392 e. The molecule has 0 saturated carbocycles. The highest BCUT2D eigenvalue weighted by atomic mass is 16.3. The van der Waals surface area contributed by atoms with E-state index >= 15 is 0 Å². The third kappa shape index (κ3) is 2.76. The van der Waals surface area contributed by atoms with Gasteiger partial charge < -0.3 is 15.9 Å². The number of aliphatic hydroxyl groups is 2. The summed E-state index contributed by atoms with van der Waals surface area (Å²) in [5, 5.41) is 18.0. The number of hydrogen-bond acceptors (Lipinski definition) is 3. The zero-order valence-electron chi connectivity index (χ0n) is 10.1. The summed E-state index contributed by atoms with van der Waals surface area (Å²) in [6, 6.07) is 15.0. The van der Waals surface area contributed by atoms with Crippen molar-refractivity contribution in [2.45, 2.75) is 19.3 Å². The lowest BCUT2D eigenvalue weighted by molar-refractivity contribution is 0.281. The second-order valence-electron chi connectivity index (χ2n) is 4.28. The van der Waals surface area contributed by atoms with Gasteiger partial charge in [0.1, 0.15) is 0 Å². The van der Waals surface area contributed by atoms with Crippen LogP contribution in [0.25, 0.3) is 0 Å². The summed E-state index contributed by atoms with van der Waals surface area (Å²) >= 11 is 0. The van der Waals surface area contributed by atoms with Crippen molar-refractivity contribution in [2.75, 3.05) is 0 Å². The molecule has 0 spiro atoms. The Hall–Kier alpha value is -1.68. The molecule has 0 saturated heterocycles. The van der Waals surface area contributed by atoms with Gasteiger partial charge in [-0.1, -0.05) is 48.5 Å². The molecule has 2 rings (SSSR count). The van der Waals surface area contributed by atoms with E-state index < -0.39 is 0 Å². The van der Waals surface area contributed by atoms with E-state index in [1.54, 1.807) is 0 Å². The van der Waals surface area contributed by atoms with Gasteiger partial charge in [0.25, 0.3) is 0 Å². The molecule has 0 unspecified atom stereocenters. The van der Waals surface area contributed by atoms with Crippen LogP contribution in [-0.4, -0.2) is 10.2 Å². The van der Waals surface area contributed by atoms with Crippen molar-refractivity contribution in [3.8, 4) is 0 Å². The first-order chi connectivity index (χ1) is 8.74. The molecule has 0 aliphatic rings. The van der Waals surface area contributed by atoms with Crippen LogP contribution in [0, 0.1) is 0 Å². The largest absolute Gasteiger partial charge is 0.392 e. The highest BCUT2D eigenvalue weighted by Crippen LogP contribution is 2.20. The van der Waals surface area contributed by atoms with Crippen LogP contribution in [0.3, 0.4) is 0 Å². The first kappa shape index (κ1) is 12.8. The lowest BCUT2D eigenvalue weighted by Gasteiger charge is -2.13. The Morgan fingerprint density at radius 3 is 1.33 bits per heavy atom. The second-order valence-corrected chi connectivity index (χ2v) is 4.28. The Kier molecular flexibility index (Phi) is 4.10. The van der Waals surface area contributed by atoms with Gasteiger partial charge in [0, 0.05) is 0 Å². The zero-order chi connectivity index (χ0) is 13.0. The summed E-state index contributed by atoms with van der Waals surface area (Å²) in [5.41, 5.74) is 9.93. The predicted molar refractivity (Wildman–Crippen MR) is 70.8 cm³/mol. The fourth-order valence-electron chi connectivity index (χ4n) is 1.85. The average Bonchev–Trinajstić information content (AvgIpc) is 2.47. The van der Waals surface area contributed by atoms with Gasteiger partial charge in [-0.25, -0.2) is 0 Å². The van der Waals surface area contributed by atoms with Crippen LogP contribution < -0.4 is 5.73 Å². The van der Waals surface area contributed by atoms with Crippen LogP contribution >= 0.6 is 0 Å². The van der Waals surface area contributed by atoms with Crippen LogP contribution in [-0.2, 0) is 13.2 Å². The molecule has 0 radical (unpaired) electrons. The monoisotopic (exact) mass is 243 g/mol. The van der Waals surface area contributed by atoms with Crippen molar-refractivity contribution < 1.29 is 10.2 Å². The normalized spacial score (nSPS) is 10.9. The third-order valence-electron chi connectivity index (χ3n) is 3.04. The van der Waals surface area contributed by atoms with E-state index in [0.717, 1.165) is 22.3 Å². The molecule has 18 heavy (non-hydrogen) atoms. The number of benzene rings is 2. The Labute approximate surface area is 107 Å². The molecule has 0 aromatic heterocycles. The zero-order valence-corrected chi connectivity index (χ0v) is 10.1. The summed E-state index contributed by atoms with van der Waals surface area (Å²) in [6.45, 7) is 0.0848. The third-order valence-corrected chi connectivity index (χ3v) is 3.04. The van der Waals surface area contributed by atoms with Crippen molar-refractivity contribution in [3.05, 3.63) is 70.8 Å². The van der Waals surface area contributed by atoms with Crippen molar-refractivity contribution in [3.63, 3.8) is 0 Å². The summed E-state index contributed by atoms with van der Waals surface area (Å²) < 4.78 is 0. The van der Waals surface area contributed by atoms with E-state index in [0.29, 0.717) is 0 Å². The molecule has 2 aromatic rings. The van der Waals surface area contributed by atoms with E-state index in [1.165, 1.54) is 0 Å². The molecular weight excluding hydrogens is 226 g/mol. The lowest BCUT2D eigenvalue weighted by atomic mass is 9.98. The molecule has 0 aliphatic heterocycles. The number of aliphatic hydroxyl groups excluding tert-OH is 2. The number of nitrogens with two attached hydrogens (primary N) is 1. The Bertz CT molecular complexity index is 443. The topological polar surface area (TPSA) is 66.5 Å². The van der Waals surface area contributed by atoms with Crippen molar-refractivity contribution in [1.29, 1.82) is 0 Å². The Morgan fingerprint density at radius 1 is 0.722 bits per heavy atom. The molecule has 0 bridgehead atoms. The van der Waals surface area contributed by atoms with Gasteiger partial charge in [-0.15, -0.1) is 0 Å². The van der Waals surface area contributed by atoms with Gasteiger partial charge in [-0.05, 0) is 22.3 Å². The van der Waals surface area contributed by atoms with Gasteiger partial charge in [0.05, 0.1) is 19.3 Å². The van der Waals surface area contributed by atoms with Gasteiger partial charge in [0.15, 0.2) is 0 Å². The average molecular weight is 243 g/mol. The molecule has 94 valence electrons. The minimum absolute atomic E-state index is 0.0424. The molecule has 0 aliphatic carbocycles. The lowest BCUT2D eigenvalue weighted by Crippen LogP contribution is -2.11. The smallest absolute Gasteiger partial charge is 0.0681 e. The SMILES string of the molecule is NC(c1ccc(CO)cc1)c1ccc(CO)cc1. The van der Waals surface area contributed by atoms with Gasteiger partial charge >= 0.3 is 0 Å². The van der Waals surface area contributed by atoms with Crippen molar-refractivity contribution in [2.24, 2.45) is 5.73 Å². The molecule has 4 N–H and O–H groups in total. The van der Waals surface area contributed by atoms with E-state index in [2.05, 4.69) is 0 Å². The molecule has 3 nitrogen and oxygen atoms in total. The maximum absolute atomic E-state index is 8.99. The first-order valence-corrected chi connectivity index (χ1v) is 5.89. The Morgan fingerprint density at radius 2 is 1.06 bits per heavy atom. The predicted octanol–water partition coefficient (Wildman–Crippen LogP) is 1.72. The number of hydrogen-bond donors (Lipinski definition) is 3. The van der Waals surface area contributed by atoms with Gasteiger partial charge in [-0.2, -0.15) is 0 Å². The maximum atomic E-state index is 8.99. The minimum atomic E-state index is -0.189. The molecular formula is C15H17NO2.